The molecule has 0 aliphatic rings. The van der Waals surface area contributed by atoms with Gasteiger partial charge in [-0.3, -0.25) is 4.79 Å². The molecule has 112 valence electrons. The Kier molecular flexibility index (Phi) is 6.15. The molecule has 20 heavy (non-hydrogen) atoms. The molecule has 0 bridgehead atoms. The number of benzene rings is 1. The van der Waals surface area contributed by atoms with Gasteiger partial charge in [-0.25, -0.2) is 0 Å². The molecule has 0 aliphatic carbocycles. The minimum Gasteiger partial charge on any atom is -0.493 e. The highest BCUT2D eigenvalue weighted by Crippen LogP contribution is 2.40. The lowest BCUT2D eigenvalue weighted by Crippen LogP contribution is -2.20. The summed E-state index contributed by atoms with van der Waals surface area (Å²) < 4.78 is 15.7. The van der Waals surface area contributed by atoms with E-state index in [2.05, 4.69) is 12.2 Å². The van der Waals surface area contributed by atoms with Crippen LogP contribution in [0.1, 0.15) is 26.7 Å². The second kappa shape index (κ2) is 7.62. The summed E-state index contributed by atoms with van der Waals surface area (Å²) in [5.74, 6) is 1.51. The van der Waals surface area contributed by atoms with Crippen molar-refractivity contribution in [3.05, 3.63) is 12.1 Å². The monoisotopic (exact) mass is 281 g/mol. The maximum absolute atomic E-state index is 12.0. The van der Waals surface area contributed by atoms with Crippen LogP contribution in [0.4, 0.5) is 5.69 Å². The number of methoxy groups -OCH3 is 3. The normalized spacial score (nSPS) is 11.7. The molecule has 1 N–H and O–H groups in total. The van der Waals surface area contributed by atoms with Gasteiger partial charge in [-0.15, -0.1) is 0 Å². The van der Waals surface area contributed by atoms with Crippen LogP contribution in [0.2, 0.25) is 0 Å². The Hall–Kier alpha value is -1.91. The number of hydrogen-bond donors (Lipinski definition) is 1. The van der Waals surface area contributed by atoms with Crippen molar-refractivity contribution in [3.8, 4) is 17.2 Å². The van der Waals surface area contributed by atoms with Crippen LogP contribution < -0.4 is 19.5 Å². The lowest BCUT2D eigenvalue weighted by Gasteiger charge is -2.16. The summed E-state index contributed by atoms with van der Waals surface area (Å²) in [5.41, 5.74) is 0.632. The van der Waals surface area contributed by atoms with Gasteiger partial charge < -0.3 is 19.5 Å². The zero-order valence-corrected chi connectivity index (χ0v) is 12.8. The Bertz CT molecular complexity index is 434. The third-order valence-corrected chi connectivity index (χ3v) is 3.10. The molecule has 0 fully saturated rings. The van der Waals surface area contributed by atoms with Crippen LogP contribution in [-0.4, -0.2) is 27.2 Å². The number of ether oxygens (including phenoxy) is 3. The van der Waals surface area contributed by atoms with Gasteiger partial charge in [0, 0.05) is 23.7 Å². The van der Waals surface area contributed by atoms with Crippen LogP contribution >= 0.6 is 0 Å². The van der Waals surface area contributed by atoms with E-state index in [4.69, 9.17) is 14.2 Å². The van der Waals surface area contributed by atoms with E-state index in [0.717, 1.165) is 12.8 Å². The van der Waals surface area contributed by atoms with Gasteiger partial charge in [0.2, 0.25) is 11.7 Å². The first kappa shape index (κ1) is 16.1. The summed E-state index contributed by atoms with van der Waals surface area (Å²) in [6.45, 7) is 3.97. The van der Waals surface area contributed by atoms with Gasteiger partial charge >= 0.3 is 0 Å². The van der Waals surface area contributed by atoms with E-state index in [0.29, 0.717) is 22.9 Å². The summed E-state index contributed by atoms with van der Waals surface area (Å²) in [6.07, 6.45) is 1.83. The first-order valence-corrected chi connectivity index (χ1v) is 6.68. The fourth-order valence-corrected chi connectivity index (χ4v) is 1.98. The molecule has 5 nitrogen and oxygen atoms in total. The first-order valence-electron chi connectivity index (χ1n) is 6.68. The lowest BCUT2D eigenvalue weighted by molar-refractivity contribution is -0.119. The fourth-order valence-electron chi connectivity index (χ4n) is 1.98. The second-order valence-electron chi connectivity index (χ2n) is 4.59. The largest absolute Gasteiger partial charge is 0.493 e. The first-order chi connectivity index (χ1) is 9.57. The third-order valence-electron chi connectivity index (χ3n) is 3.10. The van der Waals surface area contributed by atoms with Crippen LogP contribution in [0, 0.1) is 5.92 Å². The standard InChI is InChI=1S/C15H23NO4/c1-6-7-10(2)15(17)16-11-8-12(18-3)14(20-5)13(9-11)19-4/h8-10H,6-7H2,1-5H3,(H,16,17)/t10-/m1/s1. The van der Waals surface area contributed by atoms with Crippen LogP contribution in [-0.2, 0) is 4.79 Å². The van der Waals surface area contributed by atoms with E-state index in [1.54, 1.807) is 33.5 Å². The van der Waals surface area contributed by atoms with Gasteiger partial charge in [0.1, 0.15) is 0 Å². The zero-order chi connectivity index (χ0) is 15.1. The predicted octanol–water partition coefficient (Wildman–Crippen LogP) is 3.09. The average molecular weight is 281 g/mol. The highest BCUT2D eigenvalue weighted by Gasteiger charge is 2.16. The van der Waals surface area contributed by atoms with Crippen molar-refractivity contribution in [3.63, 3.8) is 0 Å². The highest BCUT2D eigenvalue weighted by molar-refractivity contribution is 5.93. The Morgan fingerprint density at radius 2 is 1.70 bits per heavy atom. The topological polar surface area (TPSA) is 56.8 Å². The number of anilines is 1. The van der Waals surface area contributed by atoms with Crippen molar-refractivity contribution in [1.82, 2.24) is 0 Å². The zero-order valence-electron chi connectivity index (χ0n) is 12.8. The molecule has 1 aromatic rings. The molecule has 0 aromatic heterocycles. The Morgan fingerprint density at radius 3 is 2.10 bits per heavy atom. The van der Waals surface area contributed by atoms with E-state index in [-0.39, 0.29) is 11.8 Å². The number of hydrogen-bond acceptors (Lipinski definition) is 4. The summed E-state index contributed by atoms with van der Waals surface area (Å²) in [5, 5.41) is 2.87. The van der Waals surface area contributed by atoms with Crippen LogP contribution in [0.3, 0.4) is 0 Å². The van der Waals surface area contributed by atoms with Crippen LogP contribution in [0.25, 0.3) is 0 Å². The van der Waals surface area contributed by atoms with Gasteiger partial charge in [-0.1, -0.05) is 20.3 Å². The molecule has 1 atom stereocenters. The minimum atomic E-state index is -0.0286. The summed E-state index contributed by atoms with van der Waals surface area (Å²) in [7, 11) is 4.63. The molecular formula is C15H23NO4. The number of nitrogens with one attached hydrogen (secondary N) is 1. The maximum atomic E-state index is 12.0. The maximum Gasteiger partial charge on any atom is 0.227 e. The van der Waals surface area contributed by atoms with E-state index >= 15 is 0 Å². The van der Waals surface area contributed by atoms with E-state index in [1.165, 1.54) is 0 Å². The average Bonchev–Trinajstić information content (AvgIpc) is 2.46. The number of rotatable bonds is 7. The van der Waals surface area contributed by atoms with Crippen molar-refractivity contribution >= 4 is 11.6 Å². The Labute approximate surface area is 120 Å². The number of carbonyl (C=O) groups is 1. The molecule has 0 unspecified atom stereocenters. The van der Waals surface area contributed by atoms with Crippen molar-refractivity contribution < 1.29 is 19.0 Å². The summed E-state index contributed by atoms with van der Waals surface area (Å²) in [4.78, 5) is 12.0. The third kappa shape index (κ3) is 3.79. The van der Waals surface area contributed by atoms with Gasteiger partial charge in [-0.05, 0) is 6.42 Å². The molecule has 0 saturated heterocycles. The van der Waals surface area contributed by atoms with Crippen molar-refractivity contribution in [2.75, 3.05) is 26.6 Å². The Morgan fingerprint density at radius 1 is 1.15 bits per heavy atom. The molecule has 1 amide bonds. The molecule has 5 heteroatoms. The highest BCUT2D eigenvalue weighted by atomic mass is 16.5. The van der Waals surface area contributed by atoms with E-state index < -0.39 is 0 Å². The lowest BCUT2D eigenvalue weighted by atomic mass is 10.1. The molecule has 0 spiro atoms. The number of carbonyl (C=O) groups excluding carboxylic acids is 1. The smallest absolute Gasteiger partial charge is 0.227 e. The molecule has 0 radical (unpaired) electrons. The second-order valence-corrected chi connectivity index (χ2v) is 4.59. The molecule has 0 heterocycles. The SMILES string of the molecule is CCC[C@@H](C)C(=O)Nc1cc(OC)c(OC)c(OC)c1. The van der Waals surface area contributed by atoms with Gasteiger partial charge in [0.15, 0.2) is 11.5 Å². The van der Waals surface area contributed by atoms with Crippen molar-refractivity contribution in [1.29, 1.82) is 0 Å². The van der Waals surface area contributed by atoms with Crippen LogP contribution in [0.15, 0.2) is 12.1 Å². The predicted molar refractivity (Wildman–Crippen MR) is 78.8 cm³/mol. The van der Waals surface area contributed by atoms with Crippen molar-refractivity contribution in [2.24, 2.45) is 5.92 Å². The Balaban J connectivity index is 2.99. The molecule has 0 aliphatic heterocycles. The van der Waals surface area contributed by atoms with Gasteiger partial charge in [0.25, 0.3) is 0 Å². The van der Waals surface area contributed by atoms with Gasteiger partial charge in [-0.2, -0.15) is 0 Å². The number of amides is 1. The van der Waals surface area contributed by atoms with Crippen LogP contribution in [0.5, 0.6) is 17.2 Å². The van der Waals surface area contributed by atoms with Gasteiger partial charge in [0.05, 0.1) is 21.3 Å². The molecule has 1 aromatic carbocycles. The summed E-state index contributed by atoms with van der Waals surface area (Å²) in [6, 6.07) is 3.44. The van der Waals surface area contributed by atoms with Crippen molar-refractivity contribution in [2.45, 2.75) is 26.7 Å². The fraction of sp³-hybridized carbons (Fsp3) is 0.533. The minimum absolute atomic E-state index is 0.0128. The molecule has 0 saturated carbocycles. The molecule has 1 rings (SSSR count). The summed E-state index contributed by atoms with van der Waals surface area (Å²) >= 11 is 0. The van der Waals surface area contributed by atoms with E-state index in [1.807, 2.05) is 6.92 Å². The quantitative estimate of drug-likeness (QED) is 0.834. The molecular weight excluding hydrogens is 258 g/mol. The van der Waals surface area contributed by atoms with E-state index in [9.17, 15) is 4.79 Å².